The number of carbonyl (C=O) groups excluding carboxylic acids is 3. The van der Waals surface area contributed by atoms with Crippen molar-refractivity contribution >= 4 is 29.7 Å². The second-order valence-electron chi connectivity index (χ2n) is 11.9. The number of aromatic nitrogens is 1. The predicted octanol–water partition coefficient (Wildman–Crippen LogP) is 3.49. The van der Waals surface area contributed by atoms with Crippen LogP contribution in [0.5, 0.6) is 0 Å². The lowest BCUT2D eigenvalue weighted by Crippen LogP contribution is -2.54. The van der Waals surface area contributed by atoms with Crippen LogP contribution in [0.25, 0.3) is 0 Å². The van der Waals surface area contributed by atoms with Crippen LogP contribution in [0.2, 0.25) is 0 Å². The molecule has 0 bridgehead atoms. The number of anilines is 1. The highest BCUT2D eigenvalue weighted by molar-refractivity contribution is 5.92. The molecule has 1 saturated heterocycles. The Labute approximate surface area is 273 Å². The fraction of sp³-hybridized carbons (Fsp3) is 0.400. The lowest BCUT2D eigenvalue weighted by atomic mass is 9.78. The minimum Gasteiger partial charge on any atom is -0.480 e. The first-order valence-corrected chi connectivity index (χ1v) is 15.9. The molecule has 3 aromatic rings. The summed E-state index contributed by atoms with van der Waals surface area (Å²) < 4.78 is 11.5. The van der Waals surface area contributed by atoms with Crippen LogP contribution in [0.1, 0.15) is 43.2 Å². The number of nitrogens with zero attached hydrogens (tertiary/aromatic N) is 2. The Kier molecular flexibility index (Phi) is 11.4. The summed E-state index contributed by atoms with van der Waals surface area (Å²) >= 11 is 0. The largest absolute Gasteiger partial charge is 0.480 e. The molecule has 1 saturated carbocycles. The number of pyridine rings is 1. The molecule has 2 fully saturated rings. The number of ether oxygens (including phenoxy) is 2. The molecule has 248 valence electrons. The van der Waals surface area contributed by atoms with Crippen molar-refractivity contribution in [2.45, 2.75) is 62.3 Å². The molecular formula is C35H41N5O7. The summed E-state index contributed by atoms with van der Waals surface area (Å²) in [5, 5.41) is 18.3. The molecule has 1 aliphatic carbocycles. The lowest BCUT2D eigenvalue weighted by Gasteiger charge is -2.30. The fourth-order valence-electron chi connectivity index (χ4n) is 6.24. The molecule has 47 heavy (non-hydrogen) atoms. The molecule has 12 nitrogen and oxygen atoms in total. The molecule has 5 rings (SSSR count). The van der Waals surface area contributed by atoms with E-state index in [1.54, 1.807) is 11.1 Å². The van der Waals surface area contributed by atoms with Gasteiger partial charge in [0, 0.05) is 19.3 Å². The van der Waals surface area contributed by atoms with Gasteiger partial charge in [0.2, 0.25) is 11.8 Å². The van der Waals surface area contributed by atoms with Gasteiger partial charge in [0.1, 0.15) is 25.1 Å². The van der Waals surface area contributed by atoms with Crippen molar-refractivity contribution in [3.8, 4) is 0 Å². The first-order chi connectivity index (χ1) is 22.8. The topological polar surface area (TPSA) is 159 Å². The van der Waals surface area contributed by atoms with Crippen LogP contribution in [0.15, 0.2) is 85.1 Å². The first-order valence-electron chi connectivity index (χ1n) is 15.9. The van der Waals surface area contributed by atoms with Gasteiger partial charge in [-0.1, -0.05) is 79.6 Å². The zero-order chi connectivity index (χ0) is 33.1. The van der Waals surface area contributed by atoms with E-state index < -0.39 is 35.5 Å². The number of carboxylic acids is 1. The summed E-state index contributed by atoms with van der Waals surface area (Å²) in [6.45, 7) is 0.0939. The van der Waals surface area contributed by atoms with Gasteiger partial charge in [0.15, 0.2) is 0 Å². The van der Waals surface area contributed by atoms with Gasteiger partial charge in [-0.3, -0.25) is 9.59 Å². The summed E-state index contributed by atoms with van der Waals surface area (Å²) in [5.74, 6) is -1.46. The van der Waals surface area contributed by atoms with E-state index in [1.165, 1.54) is 0 Å². The van der Waals surface area contributed by atoms with Crippen molar-refractivity contribution in [3.05, 3.63) is 96.2 Å². The number of carboxylic acid groups (broad SMARTS) is 1. The molecule has 2 aromatic carbocycles. The van der Waals surface area contributed by atoms with Gasteiger partial charge in [-0.2, -0.15) is 0 Å². The number of nitrogens with one attached hydrogen (secondary N) is 3. The van der Waals surface area contributed by atoms with Gasteiger partial charge in [-0.15, -0.1) is 0 Å². The highest BCUT2D eigenvalue weighted by Gasteiger charge is 2.44. The van der Waals surface area contributed by atoms with Gasteiger partial charge in [-0.05, 0) is 42.5 Å². The maximum absolute atomic E-state index is 13.5. The number of likely N-dealkylation sites (tertiary alicyclic amines) is 1. The van der Waals surface area contributed by atoms with Crippen LogP contribution in [0, 0.1) is 0 Å². The molecule has 1 aromatic heterocycles. The molecule has 0 spiro atoms. The molecule has 2 heterocycles. The minimum absolute atomic E-state index is 0.123. The quantitative estimate of drug-likeness (QED) is 0.206. The molecule has 3 amide bonds. The van der Waals surface area contributed by atoms with E-state index in [0.717, 1.165) is 24.0 Å². The minimum atomic E-state index is -1.31. The SMILES string of the molecule is O=C(CO[C@@H]1C[C@@H](CNc2ccccn2)N(C(=O)OCc2ccccc2)C1)NC[C@H](NC(=O)C1(c2ccccc2)CCCC1)C(=O)O. The summed E-state index contributed by atoms with van der Waals surface area (Å²) in [6.07, 6.45) is 4.18. The van der Waals surface area contributed by atoms with Crippen LogP contribution in [0.4, 0.5) is 10.6 Å². The van der Waals surface area contributed by atoms with E-state index in [0.29, 0.717) is 31.6 Å². The number of aliphatic carboxylic acids is 1. The standard InChI is InChI=1S/C35H41N5O7/c41-31(38-21-29(32(42)43)39-33(44)35(16-8-9-17-35)26-13-5-2-6-14-26)24-46-28-19-27(20-37-30-15-7-10-18-36-30)40(22-28)34(45)47-23-25-11-3-1-4-12-25/h1-7,10-15,18,27-29H,8-9,16-17,19-24H2,(H,36,37)(H,38,41)(H,39,44)(H,42,43)/t27-,28+,29-/m0/s1. The normalized spacial score (nSPS) is 19.0. The van der Waals surface area contributed by atoms with Crippen molar-refractivity contribution in [2.75, 3.05) is 31.6 Å². The average molecular weight is 644 g/mol. The maximum Gasteiger partial charge on any atom is 0.410 e. The zero-order valence-corrected chi connectivity index (χ0v) is 26.2. The number of rotatable bonds is 14. The monoisotopic (exact) mass is 643 g/mol. The molecule has 2 aliphatic rings. The van der Waals surface area contributed by atoms with E-state index in [4.69, 9.17) is 9.47 Å². The highest BCUT2D eigenvalue weighted by Crippen LogP contribution is 2.41. The highest BCUT2D eigenvalue weighted by atomic mass is 16.6. The summed E-state index contributed by atoms with van der Waals surface area (Å²) in [5.41, 5.74) is 0.933. The number of hydrogen-bond acceptors (Lipinski definition) is 8. The van der Waals surface area contributed by atoms with Crippen molar-refractivity contribution in [1.82, 2.24) is 20.5 Å². The van der Waals surface area contributed by atoms with Crippen LogP contribution < -0.4 is 16.0 Å². The van der Waals surface area contributed by atoms with Crippen LogP contribution in [0.3, 0.4) is 0 Å². The molecule has 1 aliphatic heterocycles. The molecular weight excluding hydrogens is 602 g/mol. The van der Waals surface area contributed by atoms with Crippen LogP contribution in [-0.2, 0) is 35.9 Å². The Morgan fingerprint density at radius 1 is 0.957 bits per heavy atom. The maximum atomic E-state index is 13.5. The molecule has 3 atom stereocenters. The Morgan fingerprint density at radius 2 is 1.66 bits per heavy atom. The summed E-state index contributed by atoms with van der Waals surface area (Å²) in [6, 6.07) is 22.7. The van der Waals surface area contributed by atoms with Crippen molar-refractivity contribution in [3.63, 3.8) is 0 Å². The number of benzene rings is 2. The first kappa shape index (κ1) is 33.4. The average Bonchev–Trinajstić information content (AvgIpc) is 3.77. The second kappa shape index (κ2) is 16.0. The third-order valence-corrected chi connectivity index (χ3v) is 8.77. The molecule has 0 radical (unpaired) electrons. The molecule has 12 heteroatoms. The van der Waals surface area contributed by atoms with Gasteiger partial charge in [-0.25, -0.2) is 14.6 Å². The van der Waals surface area contributed by atoms with E-state index in [1.807, 2.05) is 78.9 Å². The van der Waals surface area contributed by atoms with Crippen LogP contribution >= 0.6 is 0 Å². The number of hydrogen-bond donors (Lipinski definition) is 4. The van der Waals surface area contributed by atoms with Crippen LogP contribution in [-0.4, -0.2) is 83.3 Å². The van der Waals surface area contributed by atoms with E-state index >= 15 is 0 Å². The van der Waals surface area contributed by atoms with E-state index in [2.05, 4.69) is 20.9 Å². The molecule has 4 N–H and O–H groups in total. The van der Waals surface area contributed by atoms with Gasteiger partial charge < -0.3 is 35.4 Å². The summed E-state index contributed by atoms with van der Waals surface area (Å²) in [7, 11) is 0. The van der Waals surface area contributed by atoms with Gasteiger partial charge in [0.05, 0.1) is 24.1 Å². The third kappa shape index (κ3) is 8.85. The number of amides is 3. The third-order valence-electron chi connectivity index (χ3n) is 8.77. The Morgan fingerprint density at radius 3 is 2.34 bits per heavy atom. The Hall–Kier alpha value is -4.97. The van der Waals surface area contributed by atoms with Gasteiger partial charge in [0.25, 0.3) is 0 Å². The van der Waals surface area contributed by atoms with Crippen molar-refractivity contribution < 1.29 is 33.8 Å². The zero-order valence-electron chi connectivity index (χ0n) is 26.2. The lowest BCUT2D eigenvalue weighted by molar-refractivity contribution is -0.143. The smallest absolute Gasteiger partial charge is 0.410 e. The Bertz CT molecular complexity index is 1490. The number of carbonyl (C=O) groups is 4. The molecule has 0 unspecified atom stereocenters. The summed E-state index contributed by atoms with van der Waals surface area (Å²) in [4.78, 5) is 57.2. The predicted molar refractivity (Wildman–Crippen MR) is 173 cm³/mol. The van der Waals surface area contributed by atoms with Gasteiger partial charge >= 0.3 is 12.1 Å². The fourth-order valence-corrected chi connectivity index (χ4v) is 6.24. The van der Waals surface area contributed by atoms with Crippen molar-refractivity contribution in [2.24, 2.45) is 0 Å². The van der Waals surface area contributed by atoms with E-state index in [9.17, 15) is 24.3 Å². The Balaban J connectivity index is 1.13. The van der Waals surface area contributed by atoms with E-state index in [-0.39, 0.29) is 38.3 Å². The van der Waals surface area contributed by atoms with Crippen molar-refractivity contribution in [1.29, 1.82) is 0 Å². The second-order valence-corrected chi connectivity index (χ2v) is 11.9.